The van der Waals surface area contributed by atoms with Crippen molar-refractivity contribution in [2.24, 2.45) is 0 Å². The van der Waals surface area contributed by atoms with E-state index in [0.717, 1.165) is 0 Å². The van der Waals surface area contributed by atoms with E-state index in [1.54, 1.807) is 31.2 Å². The molecular formula is C14H16O4. The molecule has 1 rings (SSSR count). The Morgan fingerprint density at radius 1 is 1.06 bits per heavy atom. The average Bonchev–Trinajstić information content (AvgIpc) is 2.29. The van der Waals surface area contributed by atoms with E-state index in [1.165, 1.54) is 13.8 Å². The summed E-state index contributed by atoms with van der Waals surface area (Å²) in [5.74, 6) is -1.56. The van der Waals surface area contributed by atoms with Crippen LogP contribution in [0.2, 0.25) is 0 Å². The molecule has 4 heteroatoms. The third-order valence-electron chi connectivity index (χ3n) is 2.57. The first-order valence-corrected chi connectivity index (χ1v) is 5.75. The second-order valence-electron chi connectivity index (χ2n) is 4.00. The highest BCUT2D eigenvalue weighted by Crippen LogP contribution is 2.19. The molecule has 0 N–H and O–H groups in total. The summed E-state index contributed by atoms with van der Waals surface area (Å²) in [5.41, 5.74) is 1.01. The van der Waals surface area contributed by atoms with Gasteiger partial charge in [0.25, 0.3) is 0 Å². The van der Waals surface area contributed by atoms with Gasteiger partial charge in [-0.3, -0.25) is 9.59 Å². The first kappa shape index (κ1) is 14.1. The van der Waals surface area contributed by atoms with Crippen molar-refractivity contribution >= 4 is 17.5 Å². The predicted molar refractivity (Wildman–Crippen MR) is 66.5 cm³/mol. The molecule has 0 fully saturated rings. The lowest BCUT2D eigenvalue weighted by Crippen LogP contribution is -2.17. The summed E-state index contributed by atoms with van der Waals surface area (Å²) in [5, 5.41) is 0. The Hall–Kier alpha value is -1.97. The Bertz CT molecular complexity index is 445. The SMILES string of the molecule is CCOC(=O)c1ccc(C(C(C)=O)C(C)=O)cc1. The molecule has 4 nitrogen and oxygen atoms in total. The standard InChI is InChI=1S/C14H16O4/c1-4-18-14(17)12-7-5-11(6-8-12)13(9(2)15)10(3)16/h5-8,13H,4H2,1-3H3. The Kier molecular flexibility index (Phi) is 4.77. The Morgan fingerprint density at radius 2 is 1.56 bits per heavy atom. The summed E-state index contributed by atoms with van der Waals surface area (Å²) >= 11 is 0. The summed E-state index contributed by atoms with van der Waals surface area (Å²) in [4.78, 5) is 34.2. The van der Waals surface area contributed by atoms with Crippen LogP contribution in [0.5, 0.6) is 0 Å². The molecule has 0 aliphatic carbocycles. The molecule has 1 aromatic rings. The molecule has 0 aromatic heterocycles. The van der Waals surface area contributed by atoms with Gasteiger partial charge in [-0.05, 0) is 38.5 Å². The van der Waals surface area contributed by atoms with E-state index in [-0.39, 0.29) is 11.6 Å². The fraction of sp³-hybridized carbons (Fsp3) is 0.357. The highest BCUT2D eigenvalue weighted by atomic mass is 16.5. The maximum atomic E-state index is 11.4. The van der Waals surface area contributed by atoms with Crippen molar-refractivity contribution in [2.75, 3.05) is 6.61 Å². The summed E-state index contributed by atoms with van der Waals surface area (Å²) < 4.78 is 4.85. The third-order valence-corrected chi connectivity index (χ3v) is 2.57. The second kappa shape index (κ2) is 6.10. The number of carbonyl (C=O) groups excluding carboxylic acids is 3. The van der Waals surface area contributed by atoms with Crippen molar-refractivity contribution in [3.8, 4) is 0 Å². The molecular weight excluding hydrogens is 232 g/mol. The molecule has 0 saturated heterocycles. The molecule has 0 amide bonds. The molecule has 0 unspecified atom stereocenters. The van der Waals surface area contributed by atoms with Crippen LogP contribution in [0.15, 0.2) is 24.3 Å². The maximum absolute atomic E-state index is 11.4. The summed E-state index contributed by atoms with van der Waals surface area (Å²) in [6.45, 7) is 4.80. The largest absolute Gasteiger partial charge is 0.462 e. The van der Waals surface area contributed by atoms with Crippen LogP contribution in [-0.2, 0) is 14.3 Å². The van der Waals surface area contributed by atoms with Crippen LogP contribution in [0.4, 0.5) is 0 Å². The summed E-state index contributed by atoms with van der Waals surface area (Å²) in [6, 6.07) is 6.35. The fourth-order valence-corrected chi connectivity index (χ4v) is 1.78. The fourth-order valence-electron chi connectivity index (χ4n) is 1.78. The van der Waals surface area contributed by atoms with Crippen LogP contribution < -0.4 is 0 Å². The quantitative estimate of drug-likeness (QED) is 0.591. The summed E-state index contributed by atoms with van der Waals surface area (Å²) in [7, 11) is 0. The van der Waals surface area contributed by atoms with E-state index in [0.29, 0.717) is 17.7 Å². The topological polar surface area (TPSA) is 60.4 Å². The van der Waals surface area contributed by atoms with Gasteiger partial charge < -0.3 is 4.74 Å². The Balaban J connectivity index is 2.97. The van der Waals surface area contributed by atoms with Crippen LogP contribution in [0.25, 0.3) is 0 Å². The predicted octanol–water partition coefficient (Wildman–Crippen LogP) is 2.12. The molecule has 0 bridgehead atoms. The molecule has 0 atom stereocenters. The number of hydrogen-bond donors (Lipinski definition) is 0. The summed E-state index contributed by atoms with van der Waals surface area (Å²) in [6.07, 6.45) is 0. The van der Waals surface area contributed by atoms with Gasteiger partial charge in [-0.25, -0.2) is 4.79 Å². The number of ketones is 2. The molecule has 18 heavy (non-hydrogen) atoms. The molecule has 0 spiro atoms. The number of ether oxygens (including phenoxy) is 1. The lowest BCUT2D eigenvalue weighted by atomic mass is 9.91. The lowest BCUT2D eigenvalue weighted by molar-refractivity contribution is -0.126. The van der Waals surface area contributed by atoms with Gasteiger partial charge in [0.15, 0.2) is 0 Å². The zero-order valence-corrected chi connectivity index (χ0v) is 10.7. The van der Waals surface area contributed by atoms with E-state index in [2.05, 4.69) is 0 Å². The Morgan fingerprint density at radius 3 is 1.94 bits per heavy atom. The van der Waals surface area contributed by atoms with Crippen molar-refractivity contribution in [3.63, 3.8) is 0 Å². The van der Waals surface area contributed by atoms with Gasteiger partial charge in [-0.2, -0.15) is 0 Å². The molecule has 1 aromatic carbocycles. The van der Waals surface area contributed by atoms with Crippen LogP contribution in [0, 0.1) is 0 Å². The number of hydrogen-bond acceptors (Lipinski definition) is 4. The normalized spacial score (nSPS) is 10.2. The minimum atomic E-state index is -0.749. The minimum Gasteiger partial charge on any atom is -0.462 e. The molecule has 0 aliphatic heterocycles. The van der Waals surface area contributed by atoms with E-state index < -0.39 is 11.9 Å². The average molecular weight is 248 g/mol. The third kappa shape index (κ3) is 3.26. The molecule has 0 saturated carbocycles. The highest BCUT2D eigenvalue weighted by molar-refractivity contribution is 6.05. The first-order chi connectivity index (χ1) is 8.47. The van der Waals surface area contributed by atoms with Gasteiger partial charge >= 0.3 is 5.97 Å². The molecule has 0 aliphatic rings. The number of esters is 1. The maximum Gasteiger partial charge on any atom is 0.338 e. The van der Waals surface area contributed by atoms with E-state index in [1.807, 2.05) is 0 Å². The monoisotopic (exact) mass is 248 g/mol. The van der Waals surface area contributed by atoms with Crippen LogP contribution in [-0.4, -0.2) is 24.1 Å². The Labute approximate surface area is 106 Å². The highest BCUT2D eigenvalue weighted by Gasteiger charge is 2.21. The van der Waals surface area contributed by atoms with Gasteiger partial charge in [0.05, 0.1) is 12.2 Å². The van der Waals surface area contributed by atoms with Crippen molar-refractivity contribution in [1.82, 2.24) is 0 Å². The smallest absolute Gasteiger partial charge is 0.338 e. The van der Waals surface area contributed by atoms with Gasteiger partial charge in [-0.15, -0.1) is 0 Å². The number of Topliss-reactive ketones (excluding diaryl/α,β-unsaturated/α-hetero) is 2. The van der Waals surface area contributed by atoms with Crippen LogP contribution in [0.3, 0.4) is 0 Å². The van der Waals surface area contributed by atoms with Crippen LogP contribution >= 0.6 is 0 Å². The van der Waals surface area contributed by atoms with Gasteiger partial charge in [-0.1, -0.05) is 12.1 Å². The van der Waals surface area contributed by atoms with E-state index >= 15 is 0 Å². The van der Waals surface area contributed by atoms with Crippen molar-refractivity contribution in [2.45, 2.75) is 26.7 Å². The lowest BCUT2D eigenvalue weighted by Gasteiger charge is -2.11. The van der Waals surface area contributed by atoms with E-state index in [9.17, 15) is 14.4 Å². The second-order valence-corrected chi connectivity index (χ2v) is 4.00. The molecule has 0 heterocycles. The number of carbonyl (C=O) groups is 3. The zero-order valence-electron chi connectivity index (χ0n) is 10.7. The van der Waals surface area contributed by atoms with Gasteiger partial charge in [0, 0.05) is 0 Å². The van der Waals surface area contributed by atoms with Gasteiger partial charge in [0.2, 0.25) is 0 Å². The van der Waals surface area contributed by atoms with E-state index in [4.69, 9.17) is 4.74 Å². The number of benzene rings is 1. The van der Waals surface area contributed by atoms with Crippen molar-refractivity contribution < 1.29 is 19.1 Å². The zero-order chi connectivity index (χ0) is 13.7. The minimum absolute atomic E-state index is 0.202. The molecule has 0 radical (unpaired) electrons. The first-order valence-electron chi connectivity index (χ1n) is 5.75. The number of rotatable bonds is 5. The van der Waals surface area contributed by atoms with Crippen LogP contribution in [0.1, 0.15) is 42.6 Å². The van der Waals surface area contributed by atoms with Crippen molar-refractivity contribution in [1.29, 1.82) is 0 Å². The van der Waals surface area contributed by atoms with Gasteiger partial charge in [0.1, 0.15) is 17.5 Å². The van der Waals surface area contributed by atoms with Crippen molar-refractivity contribution in [3.05, 3.63) is 35.4 Å². The molecule has 96 valence electrons.